The molecule has 0 aromatic heterocycles. The summed E-state index contributed by atoms with van der Waals surface area (Å²) in [6.45, 7) is 5.34. The van der Waals surface area contributed by atoms with Gasteiger partial charge in [0.05, 0.1) is 24.7 Å². The molecule has 7 heteroatoms. The maximum Gasteiger partial charge on any atom is 0.317 e. The van der Waals surface area contributed by atoms with Crippen molar-refractivity contribution in [2.24, 2.45) is 11.8 Å². The fourth-order valence-electron chi connectivity index (χ4n) is 4.41. The van der Waals surface area contributed by atoms with Gasteiger partial charge in [-0.1, -0.05) is 42.5 Å². The lowest BCUT2D eigenvalue weighted by Crippen LogP contribution is -2.55. The van der Waals surface area contributed by atoms with Crippen LogP contribution in [0.3, 0.4) is 0 Å². The SMILES string of the molecule is CCOC(=O)[C@@H]1C(=O)C[C@](C)(O)[C@H](C(=O)OCC)[C@@H]1c1ccc(OCc2ccccc2)cc1. The molecule has 1 N–H and O–H groups in total. The van der Waals surface area contributed by atoms with Crippen LogP contribution >= 0.6 is 0 Å². The second-order valence-electron chi connectivity index (χ2n) is 8.33. The van der Waals surface area contributed by atoms with Crippen LogP contribution in [0.5, 0.6) is 5.75 Å². The molecular formula is C26H30O7. The van der Waals surface area contributed by atoms with Crippen LogP contribution in [-0.2, 0) is 30.5 Å². The Labute approximate surface area is 193 Å². The van der Waals surface area contributed by atoms with Crippen molar-refractivity contribution in [3.63, 3.8) is 0 Å². The van der Waals surface area contributed by atoms with Gasteiger partial charge in [-0.15, -0.1) is 0 Å². The average molecular weight is 455 g/mol. The number of ketones is 1. The van der Waals surface area contributed by atoms with Gasteiger partial charge in [0.2, 0.25) is 0 Å². The summed E-state index contributed by atoms with van der Waals surface area (Å²) >= 11 is 0. The number of carbonyl (C=O) groups excluding carboxylic acids is 3. The molecule has 1 aliphatic carbocycles. The van der Waals surface area contributed by atoms with E-state index in [-0.39, 0.29) is 19.6 Å². The van der Waals surface area contributed by atoms with Crippen molar-refractivity contribution >= 4 is 17.7 Å². The van der Waals surface area contributed by atoms with Gasteiger partial charge < -0.3 is 19.3 Å². The predicted molar refractivity (Wildman–Crippen MR) is 120 cm³/mol. The van der Waals surface area contributed by atoms with E-state index in [1.165, 1.54) is 6.92 Å². The standard InChI is InChI=1S/C26H30O7/c1-4-31-24(28)22-20(27)15-26(3,30)23(25(29)32-5-2)21(22)18-11-13-19(14-12-18)33-16-17-9-7-6-8-10-17/h6-14,21-23,30H,4-5,15-16H2,1-3H3/t21-,22-,23+,26+/m1/s1. The second kappa shape index (κ2) is 10.6. The molecule has 0 heterocycles. The monoisotopic (exact) mass is 454 g/mol. The van der Waals surface area contributed by atoms with Gasteiger partial charge in [-0.25, -0.2) is 0 Å². The first-order valence-electron chi connectivity index (χ1n) is 11.1. The number of Topliss-reactive ketones (excluding diaryl/α,β-unsaturated/α-hetero) is 1. The number of esters is 2. The molecule has 7 nitrogen and oxygen atoms in total. The molecule has 1 aliphatic rings. The van der Waals surface area contributed by atoms with E-state index in [1.807, 2.05) is 30.3 Å². The topological polar surface area (TPSA) is 99.1 Å². The molecule has 1 saturated carbocycles. The zero-order valence-corrected chi connectivity index (χ0v) is 19.2. The van der Waals surface area contributed by atoms with E-state index in [4.69, 9.17) is 14.2 Å². The highest BCUT2D eigenvalue weighted by Crippen LogP contribution is 2.47. The van der Waals surface area contributed by atoms with E-state index < -0.39 is 41.1 Å². The number of carbonyl (C=O) groups is 3. The highest BCUT2D eigenvalue weighted by Gasteiger charge is 2.57. The van der Waals surface area contributed by atoms with Crippen molar-refractivity contribution in [1.82, 2.24) is 0 Å². The van der Waals surface area contributed by atoms with E-state index >= 15 is 0 Å². The first-order chi connectivity index (χ1) is 15.8. The summed E-state index contributed by atoms with van der Waals surface area (Å²) in [5.41, 5.74) is -0.105. The lowest BCUT2D eigenvalue weighted by atomic mass is 9.61. The van der Waals surface area contributed by atoms with Crippen LogP contribution in [-0.4, -0.2) is 41.6 Å². The average Bonchev–Trinajstić information content (AvgIpc) is 2.78. The molecule has 1 fully saturated rings. The molecule has 0 amide bonds. The molecule has 3 rings (SSSR count). The van der Waals surface area contributed by atoms with Crippen molar-refractivity contribution in [3.05, 3.63) is 65.7 Å². The Balaban J connectivity index is 1.94. The van der Waals surface area contributed by atoms with Gasteiger partial charge in [-0.3, -0.25) is 14.4 Å². The molecule has 0 saturated heterocycles. The van der Waals surface area contributed by atoms with Crippen LogP contribution in [0.1, 0.15) is 44.2 Å². The molecule has 176 valence electrons. The minimum atomic E-state index is -1.67. The quantitative estimate of drug-likeness (QED) is 0.482. The second-order valence-corrected chi connectivity index (χ2v) is 8.33. The van der Waals surface area contributed by atoms with Gasteiger partial charge in [-0.05, 0) is 44.0 Å². The smallest absolute Gasteiger partial charge is 0.317 e. The Morgan fingerprint density at radius 3 is 2.18 bits per heavy atom. The van der Waals surface area contributed by atoms with Crippen LogP contribution in [0.2, 0.25) is 0 Å². The molecule has 0 radical (unpaired) electrons. The predicted octanol–water partition coefficient (Wildman–Crippen LogP) is 3.43. The Morgan fingerprint density at radius 1 is 0.970 bits per heavy atom. The van der Waals surface area contributed by atoms with Crippen LogP contribution in [0, 0.1) is 11.8 Å². The van der Waals surface area contributed by atoms with Gasteiger partial charge in [0.25, 0.3) is 0 Å². The Hall–Kier alpha value is -3.19. The maximum absolute atomic E-state index is 12.9. The van der Waals surface area contributed by atoms with Gasteiger partial charge in [0.15, 0.2) is 5.78 Å². The summed E-state index contributed by atoms with van der Waals surface area (Å²) in [6.07, 6.45) is -0.339. The fraction of sp³-hybridized carbons (Fsp3) is 0.423. The van der Waals surface area contributed by atoms with Crippen LogP contribution < -0.4 is 4.74 Å². The molecule has 0 spiro atoms. The Kier molecular flexibility index (Phi) is 7.87. The molecular weight excluding hydrogens is 424 g/mol. The van der Waals surface area contributed by atoms with Gasteiger partial charge in [0, 0.05) is 12.3 Å². The number of ether oxygens (including phenoxy) is 3. The molecule has 2 aromatic carbocycles. The van der Waals surface area contributed by atoms with Crippen molar-refractivity contribution < 1.29 is 33.7 Å². The van der Waals surface area contributed by atoms with E-state index in [1.54, 1.807) is 38.1 Å². The minimum absolute atomic E-state index is 0.0993. The van der Waals surface area contributed by atoms with E-state index in [0.29, 0.717) is 17.9 Å². The zero-order chi connectivity index (χ0) is 24.0. The van der Waals surface area contributed by atoms with Crippen molar-refractivity contribution in [2.75, 3.05) is 13.2 Å². The molecule has 0 unspecified atom stereocenters. The van der Waals surface area contributed by atoms with Crippen LogP contribution in [0.25, 0.3) is 0 Å². The summed E-state index contributed by atoms with van der Waals surface area (Å²) in [5.74, 6) is -4.48. The Morgan fingerprint density at radius 2 is 1.58 bits per heavy atom. The van der Waals surface area contributed by atoms with Gasteiger partial charge >= 0.3 is 11.9 Å². The highest BCUT2D eigenvalue weighted by molar-refractivity contribution is 6.02. The lowest BCUT2D eigenvalue weighted by molar-refractivity contribution is -0.172. The number of aliphatic hydroxyl groups is 1. The Bertz CT molecular complexity index is 966. The number of rotatable bonds is 8. The number of benzene rings is 2. The molecule has 4 atom stereocenters. The third-order valence-electron chi connectivity index (χ3n) is 5.86. The van der Waals surface area contributed by atoms with Crippen LogP contribution in [0.4, 0.5) is 0 Å². The van der Waals surface area contributed by atoms with Crippen molar-refractivity contribution in [2.45, 2.75) is 45.3 Å². The summed E-state index contributed by atoms with van der Waals surface area (Å²) in [7, 11) is 0. The molecule has 33 heavy (non-hydrogen) atoms. The van der Waals surface area contributed by atoms with Crippen molar-refractivity contribution in [3.8, 4) is 5.75 Å². The third kappa shape index (κ3) is 5.60. The van der Waals surface area contributed by atoms with Gasteiger partial charge in [-0.2, -0.15) is 0 Å². The number of hydrogen-bond donors (Lipinski definition) is 1. The van der Waals surface area contributed by atoms with E-state index in [2.05, 4.69) is 0 Å². The summed E-state index contributed by atoms with van der Waals surface area (Å²) in [4.78, 5) is 38.6. The van der Waals surface area contributed by atoms with Crippen molar-refractivity contribution in [1.29, 1.82) is 0 Å². The maximum atomic E-state index is 12.9. The third-order valence-corrected chi connectivity index (χ3v) is 5.86. The summed E-state index contributed by atoms with van der Waals surface area (Å²) in [6, 6.07) is 16.6. The minimum Gasteiger partial charge on any atom is -0.489 e. The molecule has 0 aliphatic heterocycles. The zero-order valence-electron chi connectivity index (χ0n) is 19.2. The van der Waals surface area contributed by atoms with E-state index in [0.717, 1.165) is 5.56 Å². The largest absolute Gasteiger partial charge is 0.489 e. The van der Waals surface area contributed by atoms with Crippen LogP contribution in [0.15, 0.2) is 54.6 Å². The van der Waals surface area contributed by atoms with E-state index in [9.17, 15) is 19.5 Å². The fourth-order valence-corrected chi connectivity index (χ4v) is 4.41. The van der Waals surface area contributed by atoms with Gasteiger partial charge in [0.1, 0.15) is 18.3 Å². The first kappa shape index (κ1) is 24.5. The summed E-state index contributed by atoms with van der Waals surface area (Å²) < 4.78 is 16.2. The summed E-state index contributed by atoms with van der Waals surface area (Å²) in [5, 5.41) is 11.0. The highest BCUT2D eigenvalue weighted by atomic mass is 16.5. The molecule has 2 aromatic rings. The normalized spacial score (nSPS) is 24.7. The number of hydrogen-bond acceptors (Lipinski definition) is 7. The molecule has 0 bridgehead atoms. The lowest BCUT2D eigenvalue weighted by Gasteiger charge is -2.43. The first-order valence-corrected chi connectivity index (χ1v) is 11.1.